The van der Waals surface area contributed by atoms with E-state index in [0.717, 1.165) is 6.08 Å². The van der Waals surface area contributed by atoms with Gasteiger partial charge in [0, 0.05) is 6.08 Å². The van der Waals surface area contributed by atoms with Gasteiger partial charge in [0.15, 0.2) is 0 Å². The Balaban J connectivity index is 2.72. The fourth-order valence-electron chi connectivity index (χ4n) is 1.66. The summed E-state index contributed by atoms with van der Waals surface area (Å²) in [5, 5.41) is 9.15. The van der Waals surface area contributed by atoms with Crippen LogP contribution in [-0.2, 0) is 19.0 Å². The maximum Gasteiger partial charge on any atom is 0.339 e. The molecule has 1 aromatic carbocycles. The molecule has 130 valence electrons. The van der Waals surface area contributed by atoms with E-state index < -0.39 is 30.1 Å². The summed E-state index contributed by atoms with van der Waals surface area (Å²) in [5.41, 5.74) is 0.0502. The van der Waals surface area contributed by atoms with Crippen LogP contribution in [0, 0.1) is 0 Å². The lowest BCUT2D eigenvalue weighted by Gasteiger charge is -2.14. The standard InChI is InChI=1S/C17H20O7/c1-4-15(19)24-12(3)10-23-17(21)14-8-6-5-7-13(14)16(20)22-9-11(2)18/h4-8,11-12,18H,1,9-10H2,2-3H3. The van der Waals surface area contributed by atoms with E-state index in [1.54, 1.807) is 19.1 Å². The Hall–Kier alpha value is -2.67. The molecule has 1 rings (SSSR count). The molecule has 7 heteroatoms. The van der Waals surface area contributed by atoms with Crippen molar-refractivity contribution in [2.45, 2.75) is 26.1 Å². The van der Waals surface area contributed by atoms with Crippen LogP contribution in [-0.4, -0.2) is 48.4 Å². The largest absolute Gasteiger partial charge is 0.459 e. The molecule has 7 nitrogen and oxygen atoms in total. The summed E-state index contributed by atoms with van der Waals surface area (Å²) < 4.78 is 14.8. The molecule has 0 aliphatic carbocycles. The maximum absolute atomic E-state index is 12.1. The molecule has 0 amide bonds. The van der Waals surface area contributed by atoms with Gasteiger partial charge in [0.25, 0.3) is 0 Å². The molecule has 0 saturated carbocycles. The molecule has 0 bridgehead atoms. The minimum atomic E-state index is -0.812. The van der Waals surface area contributed by atoms with Crippen LogP contribution >= 0.6 is 0 Å². The zero-order chi connectivity index (χ0) is 18.1. The van der Waals surface area contributed by atoms with E-state index in [0.29, 0.717) is 0 Å². The van der Waals surface area contributed by atoms with Gasteiger partial charge in [-0.2, -0.15) is 0 Å². The smallest absolute Gasteiger partial charge is 0.339 e. The topological polar surface area (TPSA) is 99.1 Å². The fraction of sp³-hybridized carbons (Fsp3) is 0.353. The zero-order valence-electron chi connectivity index (χ0n) is 13.6. The van der Waals surface area contributed by atoms with E-state index in [-0.39, 0.29) is 24.3 Å². The number of hydrogen-bond acceptors (Lipinski definition) is 7. The number of benzene rings is 1. The molecule has 0 saturated heterocycles. The minimum Gasteiger partial charge on any atom is -0.459 e. The third kappa shape index (κ3) is 6.21. The first kappa shape index (κ1) is 19.4. The van der Waals surface area contributed by atoms with Crippen LogP contribution in [0.1, 0.15) is 34.6 Å². The third-order valence-corrected chi connectivity index (χ3v) is 2.76. The monoisotopic (exact) mass is 336 g/mol. The average molecular weight is 336 g/mol. The molecule has 0 heterocycles. The van der Waals surface area contributed by atoms with Gasteiger partial charge in [-0.05, 0) is 26.0 Å². The lowest BCUT2D eigenvalue weighted by molar-refractivity contribution is -0.144. The second-order valence-corrected chi connectivity index (χ2v) is 5.04. The van der Waals surface area contributed by atoms with E-state index >= 15 is 0 Å². The highest BCUT2D eigenvalue weighted by atomic mass is 16.6. The van der Waals surface area contributed by atoms with Gasteiger partial charge in [-0.1, -0.05) is 18.7 Å². The predicted molar refractivity (Wildman–Crippen MR) is 84.4 cm³/mol. The van der Waals surface area contributed by atoms with Crippen molar-refractivity contribution in [3.63, 3.8) is 0 Å². The molecule has 0 aliphatic rings. The molecular weight excluding hydrogens is 316 g/mol. The molecule has 1 aromatic rings. The van der Waals surface area contributed by atoms with Crippen molar-refractivity contribution >= 4 is 17.9 Å². The Morgan fingerprint density at radius 1 is 1.08 bits per heavy atom. The molecule has 0 spiro atoms. The summed E-state index contributed by atoms with van der Waals surface area (Å²) in [5.74, 6) is -2.11. The van der Waals surface area contributed by atoms with Crippen molar-refractivity contribution in [3.05, 3.63) is 48.0 Å². The Morgan fingerprint density at radius 3 is 2.04 bits per heavy atom. The minimum absolute atomic E-state index is 0.0235. The number of carbonyl (C=O) groups is 3. The van der Waals surface area contributed by atoms with Crippen molar-refractivity contribution in [2.75, 3.05) is 13.2 Å². The van der Waals surface area contributed by atoms with E-state index in [4.69, 9.17) is 19.3 Å². The van der Waals surface area contributed by atoms with Crippen LogP contribution < -0.4 is 0 Å². The van der Waals surface area contributed by atoms with E-state index in [1.807, 2.05) is 0 Å². The highest BCUT2D eigenvalue weighted by Gasteiger charge is 2.20. The van der Waals surface area contributed by atoms with Gasteiger partial charge in [0.1, 0.15) is 19.3 Å². The predicted octanol–water partition coefficient (Wildman–Crippen LogP) is 1.50. The molecule has 1 N–H and O–H groups in total. The summed E-state index contributed by atoms with van der Waals surface area (Å²) >= 11 is 0. The molecule has 2 atom stereocenters. The van der Waals surface area contributed by atoms with Crippen LogP contribution in [0.2, 0.25) is 0 Å². The number of aliphatic hydroxyl groups is 1. The first-order valence-corrected chi connectivity index (χ1v) is 7.29. The van der Waals surface area contributed by atoms with E-state index in [1.165, 1.54) is 19.1 Å². The summed E-state index contributed by atoms with van der Waals surface area (Å²) in [6.07, 6.45) is -0.464. The lowest BCUT2D eigenvalue weighted by Crippen LogP contribution is -2.23. The van der Waals surface area contributed by atoms with Gasteiger partial charge >= 0.3 is 17.9 Å². The Labute approximate surface area is 139 Å². The first-order chi connectivity index (χ1) is 11.3. The zero-order valence-corrected chi connectivity index (χ0v) is 13.6. The van der Waals surface area contributed by atoms with Gasteiger partial charge in [-0.15, -0.1) is 0 Å². The molecule has 24 heavy (non-hydrogen) atoms. The van der Waals surface area contributed by atoms with Crippen molar-refractivity contribution in [1.29, 1.82) is 0 Å². The molecule has 2 unspecified atom stereocenters. The molecule has 0 aliphatic heterocycles. The highest BCUT2D eigenvalue weighted by molar-refractivity contribution is 6.03. The summed E-state index contributed by atoms with van der Waals surface area (Å²) in [6, 6.07) is 5.98. The summed E-state index contributed by atoms with van der Waals surface area (Å²) in [6.45, 7) is 5.94. The number of rotatable bonds is 8. The quantitative estimate of drug-likeness (QED) is 0.436. The second kappa shape index (κ2) is 9.46. The van der Waals surface area contributed by atoms with Crippen LogP contribution in [0.25, 0.3) is 0 Å². The fourth-order valence-corrected chi connectivity index (χ4v) is 1.66. The molecular formula is C17H20O7. The van der Waals surface area contributed by atoms with Crippen LogP contribution in [0.15, 0.2) is 36.9 Å². The van der Waals surface area contributed by atoms with Crippen molar-refractivity contribution in [3.8, 4) is 0 Å². The highest BCUT2D eigenvalue weighted by Crippen LogP contribution is 2.12. The first-order valence-electron chi connectivity index (χ1n) is 7.29. The summed E-state index contributed by atoms with van der Waals surface area (Å²) in [4.78, 5) is 35.1. The third-order valence-electron chi connectivity index (χ3n) is 2.76. The number of aliphatic hydroxyl groups excluding tert-OH is 1. The van der Waals surface area contributed by atoms with Gasteiger partial charge in [-0.25, -0.2) is 14.4 Å². The number of ether oxygens (including phenoxy) is 3. The number of hydrogen-bond donors (Lipinski definition) is 1. The van der Waals surface area contributed by atoms with Crippen LogP contribution in [0.3, 0.4) is 0 Å². The van der Waals surface area contributed by atoms with Crippen molar-refractivity contribution < 1.29 is 33.7 Å². The van der Waals surface area contributed by atoms with Gasteiger partial charge < -0.3 is 19.3 Å². The van der Waals surface area contributed by atoms with Gasteiger partial charge in [-0.3, -0.25) is 0 Å². The summed E-state index contributed by atoms with van der Waals surface area (Å²) in [7, 11) is 0. The van der Waals surface area contributed by atoms with Crippen LogP contribution in [0.5, 0.6) is 0 Å². The second-order valence-electron chi connectivity index (χ2n) is 5.04. The SMILES string of the molecule is C=CC(=O)OC(C)COC(=O)c1ccccc1C(=O)OCC(C)O. The van der Waals surface area contributed by atoms with Gasteiger partial charge in [0.2, 0.25) is 0 Å². The number of esters is 3. The van der Waals surface area contributed by atoms with E-state index in [2.05, 4.69) is 6.58 Å². The van der Waals surface area contributed by atoms with Gasteiger partial charge in [0.05, 0.1) is 17.2 Å². The van der Waals surface area contributed by atoms with E-state index in [9.17, 15) is 14.4 Å². The molecule has 0 fully saturated rings. The number of carbonyl (C=O) groups excluding carboxylic acids is 3. The lowest BCUT2D eigenvalue weighted by atomic mass is 10.1. The Kier molecular flexibility index (Phi) is 7.64. The van der Waals surface area contributed by atoms with Crippen molar-refractivity contribution in [1.82, 2.24) is 0 Å². The van der Waals surface area contributed by atoms with Crippen LogP contribution in [0.4, 0.5) is 0 Å². The Bertz CT molecular complexity index is 607. The normalized spacial score (nSPS) is 12.6. The molecule has 0 aromatic heterocycles. The maximum atomic E-state index is 12.1. The van der Waals surface area contributed by atoms with Crippen molar-refractivity contribution in [2.24, 2.45) is 0 Å². The molecule has 0 radical (unpaired) electrons. The Morgan fingerprint density at radius 2 is 1.58 bits per heavy atom. The average Bonchev–Trinajstić information content (AvgIpc) is 2.57.